The molecule has 1 saturated heterocycles. The Morgan fingerprint density at radius 1 is 1.32 bits per heavy atom. The summed E-state index contributed by atoms with van der Waals surface area (Å²) in [5.41, 5.74) is 1.85. The van der Waals surface area contributed by atoms with Gasteiger partial charge in [-0.1, -0.05) is 0 Å². The quantitative estimate of drug-likeness (QED) is 0.750. The van der Waals surface area contributed by atoms with E-state index >= 15 is 0 Å². The third kappa shape index (κ3) is 4.40. The summed E-state index contributed by atoms with van der Waals surface area (Å²) < 4.78 is 30.0. The van der Waals surface area contributed by atoms with Crippen molar-refractivity contribution in [3.05, 3.63) is 22.5 Å². The summed E-state index contributed by atoms with van der Waals surface area (Å²) in [6.45, 7) is 4.17. The number of aromatic nitrogens is 1. The molecule has 1 aromatic heterocycles. The van der Waals surface area contributed by atoms with Gasteiger partial charge >= 0.3 is 5.97 Å². The lowest BCUT2D eigenvalue weighted by molar-refractivity contribution is 0.0599. The van der Waals surface area contributed by atoms with E-state index in [2.05, 4.69) is 9.71 Å². The van der Waals surface area contributed by atoms with E-state index < -0.39 is 16.0 Å². The highest BCUT2D eigenvalue weighted by molar-refractivity contribution is 7.88. The van der Waals surface area contributed by atoms with E-state index in [1.807, 2.05) is 0 Å². The lowest BCUT2D eigenvalue weighted by Gasteiger charge is -2.35. The third-order valence-electron chi connectivity index (χ3n) is 4.51. The highest BCUT2D eigenvalue weighted by atomic mass is 32.2. The Morgan fingerprint density at radius 3 is 2.60 bits per heavy atom. The topological polar surface area (TPSA) is 109 Å². The summed E-state index contributed by atoms with van der Waals surface area (Å²) in [4.78, 5) is 29.6. The van der Waals surface area contributed by atoms with Gasteiger partial charge in [0.25, 0.3) is 5.91 Å². The average molecular weight is 371 g/mol. The van der Waals surface area contributed by atoms with Gasteiger partial charge in [-0.05, 0) is 38.7 Å². The number of esters is 1. The number of H-pyrrole nitrogens is 1. The van der Waals surface area contributed by atoms with Crippen LogP contribution in [0.2, 0.25) is 0 Å². The predicted octanol–water partition coefficient (Wildman–Crippen LogP) is 0.962. The van der Waals surface area contributed by atoms with Crippen molar-refractivity contribution in [1.82, 2.24) is 14.6 Å². The van der Waals surface area contributed by atoms with Crippen LogP contribution in [0.5, 0.6) is 0 Å². The smallest absolute Gasteiger partial charge is 0.339 e. The Hall–Kier alpha value is -1.87. The predicted molar refractivity (Wildman–Crippen MR) is 93.1 cm³/mol. The molecule has 9 heteroatoms. The van der Waals surface area contributed by atoms with Crippen molar-refractivity contribution >= 4 is 21.9 Å². The lowest BCUT2D eigenvalue weighted by Crippen LogP contribution is -2.49. The van der Waals surface area contributed by atoms with E-state index in [0.29, 0.717) is 29.1 Å². The molecule has 0 unspecified atom stereocenters. The molecule has 0 aromatic carbocycles. The average Bonchev–Trinajstić information content (AvgIpc) is 2.86. The van der Waals surface area contributed by atoms with Crippen LogP contribution >= 0.6 is 0 Å². The number of amides is 1. The molecule has 1 atom stereocenters. The molecule has 0 spiro atoms. The molecule has 2 heterocycles. The maximum absolute atomic E-state index is 13.0. The molecular weight excluding hydrogens is 346 g/mol. The molecule has 140 valence electrons. The third-order valence-corrected chi connectivity index (χ3v) is 5.20. The standard InChI is InChI=1S/C16H25N3O5S/c1-10-13(16(21)24-3)11(2)18-14(10)15(20)19-8-6-5-7-12(19)9-17-25(4,22)23/h12,17-18H,5-9H2,1-4H3/t12-/m0/s1. The molecule has 2 rings (SSSR count). The second kappa shape index (κ2) is 7.57. The van der Waals surface area contributed by atoms with Gasteiger partial charge in [-0.3, -0.25) is 4.79 Å². The van der Waals surface area contributed by atoms with Crippen molar-refractivity contribution in [2.24, 2.45) is 0 Å². The second-order valence-electron chi connectivity index (χ2n) is 6.39. The minimum Gasteiger partial charge on any atom is -0.465 e. The van der Waals surface area contributed by atoms with Crippen LogP contribution in [0.25, 0.3) is 0 Å². The van der Waals surface area contributed by atoms with Gasteiger partial charge in [0.05, 0.1) is 18.9 Å². The summed E-state index contributed by atoms with van der Waals surface area (Å²) >= 11 is 0. The van der Waals surface area contributed by atoms with Crippen LogP contribution in [0.1, 0.15) is 51.4 Å². The Morgan fingerprint density at radius 2 is 2.00 bits per heavy atom. The van der Waals surface area contributed by atoms with Gasteiger partial charge in [0.2, 0.25) is 10.0 Å². The van der Waals surface area contributed by atoms with Gasteiger partial charge in [0.1, 0.15) is 5.69 Å². The van der Waals surface area contributed by atoms with Gasteiger partial charge in [-0.15, -0.1) is 0 Å². The number of carbonyl (C=O) groups is 2. The molecule has 0 radical (unpaired) electrons. The number of rotatable bonds is 5. The molecule has 1 amide bonds. The van der Waals surface area contributed by atoms with Crippen molar-refractivity contribution in [2.45, 2.75) is 39.2 Å². The molecule has 8 nitrogen and oxygen atoms in total. The molecule has 2 N–H and O–H groups in total. The van der Waals surface area contributed by atoms with Crippen LogP contribution in [0, 0.1) is 13.8 Å². The van der Waals surface area contributed by atoms with Crippen LogP contribution < -0.4 is 4.72 Å². The molecule has 1 fully saturated rings. The first-order valence-electron chi connectivity index (χ1n) is 8.18. The number of aryl methyl sites for hydroxylation is 1. The number of hydrogen-bond donors (Lipinski definition) is 2. The Balaban J connectivity index is 2.27. The first-order chi connectivity index (χ1) is 11.7. The minimum absolute atomic E-state index is 0.188. The summed E-state index contributed by atoms with van der Waals surface area (Å²) in [6.07, 6.45) is 3.64. The summed E-state index contributed by atoms with van der Waals surface area (Å²) in [5, 5.41) is 0. The van der Waals surface area contributed by atoms with E-state index in [1.165, 1.54) is 7.11 Å². The number of ether oxygens (including phenoxy) is 1. The fourth-order valence-electron chi connectivity index (χ4n) is 3.24. The number of hydrogen-bond acceptors (Lipinski definition) is 5. The number of sulfonamides is 1. The number of nitrogens with one attached hydrogen (secondary N) is 2. The zero-order valence-electron chi connectivity index (χ0n) is 15.0. The second-order valence-corrected chi connectivity index (χ2v) is 8.22. The highest BCUT2D eigenvalue weighted by Crippen LogP contribution is 2.24. The monoisotopic (exact) mass is 371 g/mol. The van der Waals surface area contributed by atoms with Crippen molar-refractivity contribution in [3.8, 4) is 0 Å². The zero-order valence-corrected chi connectivity index (χ0v) is 15.8. The van der Waals surface area contributed by atoms with Gasteiger partial charge in [-0.2, -0.15) is 0 Å². The molecule has 0 bridgehead atoms. The molecule has 1 aliphatic heterocycles. The van der Waals surface area contributed by atoms with Gasteiger partial charge in [0.15, 0.2) is 0 Å². The summed E-state index contributed by atoms with van der Waals surface area (Å²) in [7, 11) is -2.02. The van der Waals surface area contributed by atoms with Crippen molar-refractivity contribution in [1.29, 1.82) is 0 Å². The molecular formula is C16H25N3O5S. The van der Waals surface area contributed by atoms with Crippen molar-refractivity contribution in [3.63, 3.8) is 0 Å². The first kappa shape index (κ1) is 19.5. The number of likely N-dealkylation sites (tertiary alicyclic amines) is 1. The zero-order chi connectivity index (χ0) is 18.8. The molecule has 1 aliphatic rings. The normalized spacial score (nSPS) is 18.2. The Kier molecular flexibility index (Phi) is 5.89. The van der Waals surface area contributed by atoms with Gasteiger partial charge < -0.3 is 14.6 Å². The van der Waals surface area contributed by atoms with Gasteiger partial charge in [-0.25, -0.2) is 17.9 Å². The van der Waals surface area contributed by atoms with Crippen LogP contribution in [-0.4, -0.2) is 62.7 Å². The minimum atomic E-state index is -3.32. The van der Waals surface area contributed by atoms with E-state index in [-0.39, 0.29) is 18.5 Å². The maximum atomic E-state index is 13.0. The van der Waals surface area contributed by atoms with E-state index in [4.69, 9.17) is 4.74 Å². The van der Waals surface area contributed by atoms with E-state index in [9.17, 15) is 18.0 Å². The number of piperidine rings is 1. The van der Waals surface area contributed by atoms with Crippen molar-refractivity contribution in [2.75, 3.05) is 26.5 Å². The lowest BCUT2D eigenvalue weighted by atomic mass is 10.0. The molecule has 0 aliphatic carbocycles. The van der Waals surface area contributed by atoms with Gasteiger partial charge in [0, 0.05) is 24.8 Å². The summed E-state index contributed by atoms with van der Waals surface area (Å²) in [5.74, 6) is -0.713. The number of aromatic amines is 1. The number of methoxy groups -OCH3 is 1. The molecule has 25 heavy (non-hydrogen) atoms. The maximum Gasteiger partial charge on any atom is 0.339 e. The van der Waals surface area contributed by atoms with Crippen LogP contribution in [0.3, 0.4) is 0 Å². The van der Waals surface area contributed by atoms with Crippen LogP contribution in [0.4, 0.5) is 0 Å². The fourth-order valence-corrected chi connectivity index (χ4v) is 3.74. The fraction of sp³-hybridized carbons (Fsp3) is 0.625. The van der Waals surface area contributed by atoms with Crippen molar-refractivity contribution < 1.29 is 22.7 Å². The van der Waals surface area contributed by atoms with E-state index in [0.717, 1.165) is 25.5 Å². The number of nitrogens with zero attached hydrogens (tertiary/aromatic N) is 1. The summed E-state index contributed by atoms with van der Waals surface area (Å²) in [6, 6.07) is -0.208. The SMILES string of the molecule is COC(=O)c1c(C)[nH]c(C(=O)N2CCCC[C@H]2CNS(C)(=O)=O)c1C. The number of carbonyl (C=O) groups excluding carboxylic acids is 2. The molecule has 0 saturated carbocycles. The van der Waals surface area contributed by atoms with Crippen LogP contribution in [-0.2, 0) is 14.8 Å². The Labute approximate surface area is 148 Å². The largest absolute Gasteiger partial charge is 0.465 e. The van der Waals surface area contributed by atoms with E-state index in [1.54, 1.807) is 18.7 Å². The Bertz CT molecular complexity index is 769. The highest BCUT2D eigenvalue weighted by Gasteiger charge is 2.31. The first-order valence-corrected chi connectivity index (χ1v) is 10.1. The van der Waals surface area contributed by atoms with Crippen LogP contribution in [0.15, 0.2) is 0 Å². The molecule has 1 aromatic rings.